The van der Waals surface area contributed by atoms with Crippen LogP contribution in [0.1, 0.15) is 6.23 Å². The van der Waals surface area contributed by atoms with Gasteiger partial charge in [-0.25, -0.2) is 28.6 Å². The number of hydrogen-bond donors (Lipinski definition) is 7. The van der Waals surface area contributed by atoms with E-state index >= 15 is 0 Å². The standard InChI is InChI=1S/C10H16N5O13P3.ClH.Na/c11-8-5-9(13-2-12-8)15(3-14-5)10-7(17)6(16)4(26-10)1-25-30(21,22)28-31(23,24)27-29(18,19)20;;/h2-4,6-7,10,16-17H,1H2,(H,21,22)(H,23,24)(H2,11,12,13)(H2,18,19,20);1H;/q;;+1/p-1/t4-,6-,7-,10-;;/m1../s1. The summed E-state index contributed by atoms with van der Waals surface area (Å²) in [6, 6.07) is 0. The Hall–Kier alpha value is -0.0700. The summed E-state index contributed by atoms with van der Waals surface area (Å²) in [4.78, 5) is 47.2. The number of hydrogen-bond acceptors (Lipinski definition) is 13. The summed E-state index contributed by atoms with van der Waals surface area (Å²) >= 11 is 0. The fourth-order valence-electron chi connectivity index (χ4n) is 2.62. The molecule has 0 aliphatic carbocycles. The van der Waals surface area contributed by atoms with Gasteiger partial charge in [-0.1, -0.05) is 0 Å². The molecule has 6 atom stereocenters. The molecule has 0 saturated carbocycles. The third-order valence-electron chi connectivity index (χ3n) is 3.82. The largest absolute Gasteiger partial charge is 1.00 e. The zero-order valence-corrected chi connectivity index (χ0v) is 21.7. The zero-order valence-electron chi connectivity index (χ0n) is 16.3. The minimum Gasteiger partial charge on any atom is -1.00 e. The molecule has 2 aromatic rings. The fourth-order valence-corrected chi connectivity index (χ4v) is 5.65. The van der Waals surface area contributed by atoms with Gasteiger partial charge in [0.2, 0.25) is 0 Å². The first kappa shape index (κ1) is 31.0. The van der Waals surface area contributed by atoms with Gasteiger partial charge in [0, 0.05) is 0 Å². The number of fused-ring (bicyclic) bond motifs is 1. The van der Waals surface area contributed by atoms with Crippen LogP contribution in [0, 0.1) is 0 Å². The van der Waals surface area contributed by atoms with E-state index in [0.29, 0.717) is 0 Å². The Kier molecular flexibility index (Phi) is 10.6. The van der Waals surface area contributed by atoms with Crippen LogP contribution in [0.15, 0.2) is 12.7 Å². The molecule has 1 saturated heterocycles. The smallest absolute Gasteiger partial charge is 1.00 e. The molecule has 182 valence electrons. The summed E-state index contributed by atoms with van der Waals surface area (Å²) in [5, 5.41) is 20.4. The average molecular weight is 566 g/mol. The molecule has 0 amide bonds. The van der Waals surface area contributed by atoms with Gasteiger partial charge in [0.05, 0.1) is 12.9 Å². The fraction of sp³-hybridized carbons (Fsp3) is 0.500. The van der Waals surface area contributed by atoms with Crippen molar-refractivity contribution in [1.82, 2.24) is 19.5 Å². The number of phosphoric acid groups is 3. The van der Waals surface area contributed by atoms with E-state index in [4.69, 9.17) is 25.2 Å². The van der Waals surface area contributed by atoms with Crippen LogP contribution in [-0.2, 0) is 31.6 Å². The molecule has 0 bridgehead atoms. The first-order valence-electron chi connectivity index (χ1n) is 7.92. The number of nitrogen functional groups attached to an aromatic ring is 1. The maximum atomic E-state index is 11.8. The van der Waals surface area contributed by atoms with E-state index in [1.807, 2.05) is 0 Å². The molecule has 1 aliphatic rings. The second-order valence-corrected chi connectivity index (χ2v) is 10.4. The monoisotopic (exact) mass is 565 g/mol. The van der Waals surface area contributed by atoms with Crippen molar-refractivity contribution in [3.8, 4) is 0 Å². The van der Waals surface area contributed by atoms with E-state index in [9.17, 15) is 28.8 Å². The van der Waals surface area contributed by atoms with Crippen molar-refractivity contribution in [2.24, 2.45) is 0 Å². The number of imidazole rings is 1. The molecule has 2 aromatic heterocycles. The number of ether oxygens (including phenoxy) is 1. The molecule has 8 N–H and O–H groups in total. The number of nitrogens with two attached hydrogens (primary N) is 1. The second kappa shape index (κ2) is 11.3. The first-order valence-corrected chi connectivity index (χ1v) is 12.4. The molecular formula is C10H16ClN5NaO13P3. The maximum absolute atomic E-state index is 11.8. The van der Waals surface area contributed by atoms with Gasteiger partial charge in [0.15, 0.2) is 17.7 Å². The number of aromatic nitrogens is 4. The van der Waals surface area contributed by atoms with Crippen LogP contribution in [0.4, 0.5) is 5.82 Å². The van der Waals surface area contributed by atoms with Crippen LogP contribution < -0.4 is 47.7 Å². The number of anilines is 1. The van der Waals surface area contributed by atoms with Crippen LogP contribution in [-0.4, -0.2) is 74.2 Å². The Bertz CT molecular complexity index is 1120. The molecule has 2 unspecified atom stereocenters. The van der Waals surface area contributed by atoms with Crippen molar-refractivity contribution in [3.05, 3.63) is 12.7 Å². The van der Waals surface area contributed by atoms with Gasteiger partial charge in [-0.05, 0) is 0 Å². The minimum atomic E-state index is -5.70. The van der Waals surface area contributed by atoms with Gasteiger partial charge in [0.25, 0.3) is 0 Å². The van der Waals surface area contributed by atoms with Gasteiger partial charge in [-0.15, -0.1) is 0 Å². The van der Waals surface area contributed by atoms with E-state index in [0.717, 1.165) is 6.33 Å². The van der Waals surface area contributed by atoms with Gasteiger partial charge in [-0.2, -0.15) is 8.62 Å². The molecule has 33 heavy (non-hydrogen) atoms. The topological polar surface area (TPSA) is 279 Å². The Labute approximate surface area is 212 Å². The predicted octanol–water partition coefficient (Wildman–Crippen LogP) is -7.62. The van der Waals surface area contributed by atoms with Crippen molar-refractivity contribution in [3.63, 3.8) is 0 Å². The van der Waals surface area contributed by atoms with Crippen molar-refractivity contribution in [2.75, 3.05) is 12.3 Å². The van der Waals surface area contributed by atoms with E-state index in [2.05, 4.69) is 28.1 Å². The van der Waals surface area contributed by atoms with Gasteiger partial charge < -0.3 is 52.7 Å². The summed E-state index contributed by atoms with van der Waals surface area (Å²) in [6.07, 6.45) is -3.69. The molecule has 0 spiro atoms. The quantitative estimate of drug-likeness (QED) is 0.115. The van der Waals surface area contributed by atoms with E-state index in [-0.39, 0.29) is 58.9 Å². The van der Waals surface area contributed by atoms with Crippen molar-refractivity contribution in [1.29, 1.82) is 0 Å². The first-order chi connectivity index (χ1) is 14.2. The number of aliphatic hydroxyl groups excluding tert-OH is 2. The van der Waals surface area contributed by atoms with Crippen LogP contribution in [0.3, 0.4) is 0 Å². The molecule has 1 aliphatic heterocycles. The summed E-state index contributed by atoms with van der Waals surface area (Å²) < 4.78 is 51.9. The predicted molar refractivity (Wildman–Crippen MR) is 95.5 cm³/mol. The van der Waals surface area contributed by atoms with Crippen LogP contribution >= 0.6 is 23.5 Å². The Balaban J connectivity index is 0.00000272. The molecule has 1 fully saturated rings. The molecule has 18 nitrogen and oxygen atoms in total. The normalized spacial score (nSPS) is 26.7. The van der Waals surface area contributed by atoms with Crippen LogP contribution in [0.5, 0.6) is 0 Å². The van der Waals surface area contributed by atoms with Crippen molar-refractivity contribution < 1.29 is 103 Å². The van der Waals surface area contributed by atoms with Crippen molar-refractivity contribution >= 4 is 40.4 Å². The number of aliphatic hydroxyl groups is 2. The third-order valence-corrected chi connectivity index (χ3v) is 7.62. The minimum absolute atomic E-state index is 0. The average Bonchev–Trinajstić information content (AvgIpc) is 3.13. The summed E-state index contributed by atoms with van der Waals surface area (Å²) in [7, 11) is -16.7. The molecule has 0 aromatic carbocycles. The number of rotatable bonds is 8. The number of nitrogens with zero attached hydrogens (tertiary/aromatic N) is 4. The zero-order chi connectivity index (χ0) is 23.2. The van der Waals surface area contributed by atoms with Gasteiger partial charge in [0.1, 0.15) is 30.2 Å². The second-order valence-electron chi connectivity index (χ2n) is 6.02. The SMILES string of the molecule is Nc1ncnc2c1ncn2[C@@H]1O[C@H](COP(=O)(O)OP(=O)(O)OP(=O)(O)O)[C@@H](O)[C@H]1O.[Cl-].[Na+]. The number of halogens is 1. The van der Waals surface area contributed by atoms with Crippen LogP contribution in [0.25, 0.3) is 11.2 Å². The Morgan fingerprint density at radius 2 is 1.67 bits per heavy atom. The van der Waals surface area contributed by atoms with E-state index < -0.39 is 54.6 Å². The summed E-state index contributed by atoms with van der Waals surface area (Å²) in [6.45, 7) is -0.956. The van der Waals surface area contributed by atoms with Gasteiger partial charge >= 0.3 is 53.0 Å². The molecule has 23 heteroatoms. The third kappa shape index (κ3) is 7.70. The summed E-state index contributed by atoms with van der Waals surface area (Å²) in [5.41, 5.74) is 6.00. The van der Waals surface area contributed by atoms with E-state index in [1.54, 1.807) is 0 Å². The number of phosphoric ester groups is 1. The maximum Gasteiger partial charge on any atom is 1.00 e. The Morgan fingerprint density at radius 3 is 2.27 bits per heavy atom. The van der Waals surface area contributed by atoms with E-state index in [1.165, 1.54) is 10.9 Å². The molecule has 3 rings (SSSR count). The molecular weight excluding hydrogens is 549 g/mol. The van der Waals surface area contributed by atoms with Gasteiger partial charge in [-0.3, -0.25) is 9.09 Å². The molecule has 3 heterocycles. The van der Waals surface area contributed by atoms with Crippen molar-refractivity contribution in [2.45, 2.75) is 24.5 Å². The van der Waals surface area contributed by atoms with Crippen LogP contribution in [0.2, 0.25) is 0 Å². The molecule has 0 radical (unpaired) electrons. The Morgan fingerprint density at radius 1 is 1.03 bits per heavy atom. The summed E-state index contributed by atoms with van der Waals surface area (Å²) in [5.74, 6) is 0.0426.